The molecule has 1 fully saturated rings. The van der Waals surface area contributed by atoms with Crippen LogP contribution in [0.3, 0.4) is 0 Å². The summed E-state index contributed by atoms with van der Waals surface area (Å²) in [5.74, 6) is -0.765. The normalized spacial score (nSPS) is 19.5. The number of amides is 2. The third-order valence-electron chi connectivity index (χ3n) is 7.20. The van der Waals surface area contributed by atoms with Gasteiger partial charge in [0.15, 0.2) is 10.8 Å². The molecule has 2 atom stereocenters. The number of aromatic amines is 1. The van der Waals surface area contributed by atoms with E-state index in [2.05, 4.69) is 36.2 Å². The first-order valence-corrected chi connectivity index (χ1v) is 16.1. The van der Waals surface area contributed by atoms with Crippen molar-refractivity contribution in [2.75, 3.05) is 19.6 Å². The zero-order valence-electron chi connectivity index (χ0n) is 22.3. The second-order valence-electron chi connectivity index (χ2n) is 10.0. The fourth-order valence-electron chi connectivity index (χ4n) is 4.95. The molecule has 1 aromatic carbocycles. The summed E-state index contributed by atoms with van der Waals surface area (Å²) in [5.41, 5.74) is 6.96. The first-order valence-electron chi connectivity index (χ1n) is 13.0. The number of nitrogen functional groups attached to an aromatic ring is 1. The number of carbonyl (C=O) groups is 2. The summed E-state index contributed by atoms with van der Waals surface area (Å²) in [6.07, 6.45) is 0.698. The first-order chi connectivity index (χ1) is 20.1. The lowest BCUT2D eigenvalue weighted by atomic mass is 10.1. The van der Waals surface area contributed by atoms with Gasteiger partial charge in [0.2, 0.25) is 5.91 Å². The van der Waals surface area contributed by atoms with Gasteiger partial charge in [-0.25, -0.2) is 18.5 Å². The van der Waals surface area contributed by atoms with Gasteiger partial charge in [-0.15, -0.1) is 27.8 Å². The van der Waals surface area contributed by atoms with E-state index in [0.29, 0.717) is 29.7 Å². The molecule has 5 heterocycles. The Morgan fingerprint density at radius 1 is 1.24 bits per heavy atom. The molecule has 42 heavy (non-hydrogen) atoms. The van der Waals surface area contributed by atoms with Crippen molar-refractivity contribution in [1.82, 2.24) is 45.4 Å². The van der Waals surface area contributed by atoms with Crippen molar-refractivity contribution in [3.8, 4) is 0 Å². The molecule has 6 rings (SSSR count). The zero-order valence-corrected chi connectivity index (χ0v) is 24.8. The smallest absolute Gasteiger partial charge is 0.283 e. The van der Waals surface area contributed by atoms with E-state index in [1.54, 1.807) is 24.3 Å². The summed E-state index contributed by atoms with van der Waals surface area (Å²) >= 11 is 2.38. The summed E-state index contributed by atoms with van der Waals surface area (Å²) < 4.78 is 29.6. The molecule has 4 aromatic rings. The van der Waals surface area contributed by atoms with E-state index in [1.807, 2.05) is 6.92 Å². The molecular weight excluding hydrogens is 603 g/mol. The van der Waals surface area contributed by atoms with Crippen molar-refractivity contribution in [1.29, 1.82) is 5.41 Å². The molecule has 220 valence electrons. The van der Waals surface area contributed by atoms with Gasteiger partial charge >= 0.3 is 0 Å². The van der Waals surface area contributed by atoms with Crippen molar-refractivity contribution in [3.05, 3.63) is 51.2 Å². The van der Waals surface area contributed by atoms with Crippen LogP contribution in [0.5, 0.6) is 0 Å². The number of benzene rings is 1. The predicted octanol–water partition coefficient (Wildman–Crippen LogP) is 0.0209. The van der Waals surface area contributed by atoms with Crippen molar-refractivity contribution in [3.63, 3.8) is 0 Å². The number of thiophene rings is 1. The second kappa shape index (κ2) is 11.1. The number of piperazine rings is 1. The monoisotopic (exact) mass is 629 g/mol. The third-order valence-corrected chi connectivity index (χ3v) is 11.7. The van der Waals surface area contributed by atoms with Gasteiger partial charge in [0.25, 0.3) is 15.9 Å². The number of H-pyrrole nitrogens is 1. The lowest BCUT2D eigenvalue weighted by Crippen LogP contribution is -2.61. The number of hydrogen-bond donors (Lipinski definition) is 5. The Kier molecular flexibility index (Phi) is 7.48. The number of rotatable bonds is 7. The van der Waals surface area contributed by atoms with Crippen LogP contribution in [-0.2, 0) is 34.3 Å². The highest BCUT2D eigenvalue weighted by Gasteiger charge is 2.41. The third kappa shape index (κ3) is 5.38. The van der Waals surface area contributed by atoms with E-state index in [4.69, 9.17) is 11.1 Å². The predicted molar refractivity (Wildman–Crippen MR) is 155 cm³/mol. The molecule has 3 aromatic heterocycles. The minimum Gasteiger partial charge on any atom is -0.384 e. The molecule has 2 aliphatic rings. The first kappa shape index (κ1) is 28.3. The number of amidine groups is 1. The quantitative estimate of drug-likeness (QED) is 0.136. The maximum atomic E-state index is 13.8. The van der Waals surface area contributed by atoms with Crippen molar-refractivity contribution < 1.29 is 18.0 Å². The number of nitrogens with zero attached hydrogens (tertiary/aromatic N) is 6. The Morgan fingerprint density at radius 2 is 2.07 bits per heavy atom. The van der Waals surface area contributed by atoms with Gasteiger partial charge in [0.05, 0.1) is 12.2 Å². The molecular formula is C24H27N11O4S3. The number of thiazole rings is 1. The highest BCUT2D eigenvalue weighted by molar-refractivity contribution is 7.91. The number of tetrazole rings is 1. The second-order valence-corrected chi connectivity index (χ2v) is 14.4. The van der Waals surface area contributed by atoms with Gasteiger partial charge in [-0.3, -0.25) is 15.0 Å². The summed E-state index contributed by atoms with van der Waals surface area (Å²) in [5, 5.41) is 28.0. The maximum Gasteiger partial charge on any atom is 0.283 e. The number of fused-ring (bicyclic) bond motifs is 2. The number of nitrogens with one attached hydrogen (secondary N) is 4. The van der Waals surface area contributed by atoms with Crippen LogP contribution in [0.4, 0.5) is 0 Å². The highest BCUT2D eigenvalue weighted by Crippen LogP contribution is 2.33. The number of carbonyl (C=O) groups excluding carboxylic acids is 2. The Balaban J connectivity index is 1.27. The molecule has 0 saturated carbocycles. The molecule has 2 unspecified atom stereocenters. The zero-order chi connectivity index (χ0) is 29.6. The molecule has 0 aliphatic carbocycles. The fraction of sp³-hybridized carbons (Fsp3) is 0.375. The Bertz CT molecular complexity index is 1780. The van der Waals surface area contributed by atoms with Gasteiger partial charge in [0, 0.05) is 53.8 Å². The Morgan fingerprint density at radius 3 is 2.83 bits per heavy atom. The SMILES string of the molecule is CC1Cc2nc(C(=O)N3CCN(S(=O)(=O)c4cc5cc(C(=N)N)ccc5s4)CC3C(=O)NCc3nnn[nH]3)sc2CN1. The molecule has 15 nitrogen and oxygen atoms in total. The molecule has 18 heteroatoms. The van der Waals surface area contributed by atoms with Gasteiger partial charge < -0.3 is 21.3 Å². The van der Waals surface area contributed by atoms with Crippen LogP contribution < -0.4 is 16.4 Å². The van der Waals surface area contributed by atoms with E-state index in [9.17, 15) is 18.0 Å². The van der Waals surface area contributed by atoms with Crippen LogP contribution >= 0.6 is 22.7 Å². The molecule has 2 amide bonds. The molecule has 0 spiro atoms. The van der Waals surface area contributed by atoms with Gasteiger partial charge in [0.1, 0.15) is 16.1 Å². The number of sulfonamides is 1. The lowest BCUT2D eigenvalue weighted by Gasteiger charge is -2.39. The number of aromatic nitrogens is 5. The number of hydrogen-bond acceptors (Lipinski definition) is 12. The molecule has 6 N–H and O–H groups in total. The molecule has 1 saturated heterocycles. The number of nitrogens with two attached hydrogens (primary N) is 1. The Hall–Kier alpha value is -3.84. The van der Waals surface area contributed by atoms with Crippen molar-refractivity contribution in [2.45, 2.75) is 42.7 Å². The van der Waals surface area contributed by atoms with Crippen LogP contribution in [0, 0.1) is 5.41 Å². The summed E-state index contributed by atoms with van der Waals surface area (Å²) in [6, 6.07) is 5.73. The minimum atomic E-state index is -4.01. The maximum absolute atomic E-state index is 13.8. The highest BCUT2D eigenvalue weighted by atomic mass is 32.2. The largest absolute Gasteiger partial charge is 0.384 e. The standard InChI is InChI=1S/C24H27N11O4S3/c1-12-6-15-18(9-27-12)41-23(29-15)24(37)35-5-4-34(11-16(35)22(36)28-10-19-30-32-33-31-19)42(38,39)20-8-14-7-13(21(25)26)2-3-17(14)40-20/h2-3,7-8,12,16,27H,4-6,9-11H2,1H3,(H3,25,26)(H,28,36)(H,30,31,32,33). The van der Waals surface area contributed by atoms with Crippen molar-refractivity contribution in [2.24, 2.45) is 5.73 Å². The average Bonchev–Trinajstić information content (AvgIpc) is 3.74. The molecule has 0 bridgehead atoms. The minimum absolute atomic E-state index is 0.000494. The van der Waals surface area contributed by atoms with Crippen LogP contribution in [0.15, 0.2) is 28.5 Å². The summed E-state index contributed by atoms with van der Waals surface area (Å²) in [7, 11) is -4.01. The average molecular weight is 630 g/mol. The topological polar surface area (TPSA) is 216 Å². The van der Waals surface area contributed by atoms with E-state index < -0.39 is 27.9 Å². The molecule has 0 radical (unpaired) electrons. The van der Waals surface area contributed by atoms with Gasteiger partial charge in [-0.2, -0.15) is 4.31 Å². The van der Waals surface area contributed by atoms with E-state index in [1.165, 1.54) is 20.5 Å². The van der Waals surface area contributed by atoms with Gasteiger partial charge in [-0.05, 0) is 47.0 Å². The lowest BCUT2D eigenvalue weighted by molar-refractivity contribution is -0.127. The summed E-state index contributed by atoms with van der Waals surface area (Å²) in [4.78, 5) is 34.1. The van der Waals surface area contributed by atoms with Crippen molar-refractivity contribution >= 4 is 60.4 Å². The molecule has 2 aliphatic heterocycles. The van der Waals surface area contributed by atoms with Gasteiger partial charge in [-0.1, -0.05) is 0 Å². The van der Waals surface area contributed by atoms with E-state index in [-0.39, 0.29) is 47.3 Å². The van der Waals surface area contributed by atoms with Crippen LogP contribution in [-0.4, -0.2) is 92.6 Å². The Labute approximate surface area is 248 Å². The van der Waals surface area contributed by atoms with Crippen LogP contribution in [0.2, 0.25) is 0 Å². The van der Waals surface area contributed by atoms with E-state index >= 15 is 0 Å². The van der Waals surface area contributed by atoms with E-state index in [0.717, 1.165) is 26.6 Å². The fourth-order valence-corrected chi connectivity index (χ4v) is 8.92. The van der Waals surface area contributed by atoms with Crippen LogP contribution in [0.1, 0.15) is 38.7 Å². The summed E-state index contributed by atoms with van der Waals surface area (Å²) in [6.45, 7) is 2.39. The van der Waals surface area contributed by atoms with Crippen LogP contribution in [0.25, 0.3) is 10.1 Å².